The van der Waals surface area contributed by atoms with Crippen LogP contribution >= 0.6 is 0 Å². The van der Waals surface area contributed by atoms with Crippen LogP contribution in [0.2, 0.25) is 5.54 Å². The topological polar surface area (TPSA) is 43.6 Å². The van der Waals surface area contributed by atoms with Gasteiger partial charge in [0.25, 0.3) is 0 Å². The molecule has 9 rings (SSSR count). The molecule has 1 saturated carbocycles. The van der Waals surface area contributed by atoms with E-state index in [1.165, 1.54) is 58.4 Å². The van der Waals surface area contributed by atoms with Gasteiger partial charge in [-0.05, 0) is 33.2 Å². The molecule has 0 aliphatic heterocycles. The van der Waals surface area contributed by atoms with Crippen LogP contribution in [0.4, 0.5) is 0 Å². The van der Waals surface area contributed by atoms with E-state index in [0.717, 1.165) is 22.2 Å². The van der Waals surface area contributed by atoms with Crippen molar-refractivity contribution in [3.05, 3.63) is 164 Å². The fraction of sp³-hybridized carbons (Fsp3) is 0.133. The van der Waals surface area contributed by atoms with Crippen molar-refractivity contribution in [2.24, 2.45) is 0 Å². The molecular weight excluding hydrogens is 625 g/mol. The Balaban J connectivity index is 1.30. The molecule has 1 aliphatic carbocycles. The summed E-state index contributed by atoms with van der Waals surface area (Å²) in [5, 5.41) is 6.73. The van der Waals surface area contributed by atoms with Crippen LogP contribution in [-0.4, -0.2) is 27.6 Å². The molecule has 5 heteroatoms. The first-order valence-electron chi connectivity index (χ1n) is 17.8. The number of rotatable bonds is 7. The molecule has 2 aromatic heterocycles. The summed E-state index contributed by atoms with van der Waals surface area (Å²) in [6, 6.07) is 59.3. The maximum Gasteiger partial charge on any atom is 0.238 e. The van der Waals surface area contributed by atoms with E-state index in [1.54, 1.807) is 0 Å². The van der Waals surface area contributed by atoms with E-state index in [1.807, 2.05) is 18.2 Å². The van der Waals surface area contributed by atoms with E-state index in [0.29, 0.717) is 23.1 Å². The summed E-state index contributed by atoms with van der Waals surface area (Å²) >= 11 is 0. The van der Waals surface area contributed by atoms with Gasteiger partial charge in [-0.3, -0.25) is 4.57 Å². The van der Waals surface area contributed by atoms with Gasteiger partial charge in [0, 0.05) is 21.9 Å². The van der Waals surface area contributed by atoms with Gasteiger partial charge in [0.2, 0.25) is 5.95 Å². The SMILES string of the molecule is c1ccc(-c2nc(-c3cccc([Si](c4ccccc4)(c4ccccc4)C4CCCCC4)c3)nc(-n3c4ccccc4c4ccccc43)n2)cc1. The molecule has 0 spiro atoms. The van der Waals surface area contributed by atoms with E-state index in [4.69, 9.17) is 15.0 Å². The fourth-order valence-electron chi connectivity index (χ4n) is 8.50. The summed E-state index contributed by atoms with van der Waals surface area (Å²) < 4.78 is 2.20. The molecule has 0 N–H and O–H groups in total. The normalized spacial score (nSPS) is 13.9. The Morgan fingerprint density at radius 3 is 1.52 bits per heavy atom. The van der Waals surface area contributed by atoms with Crippen molar-refractivity contribution >= 4 is 45.4 Å². The lowest BCUT2D eigenvalue weighted by molar-refractivity contribution is 0.497. The monoisotopic (exact) mass is 662 g/mol. The van der Waals surface area contributed by atoms with E-state index in [9.17, 15) is 0 Å². The minimum Gasteiger partial charge on any atom is -0.278 e. The molecule has 0 amide bonds. The van der Waals surface area contributed by atoms with Crippen molar-refractivity contribution in [3.8, 4) is 28.7 Å². The predicted molar refractivity (Wildman–Crippen MR) is 209 cm³/mol. The van der Waals surface area contributed by atoms with Gasteiger partial charge in [-0.25, -0.2) is 4.98 Å². The Hall–Kier alpha value is -5.65. The summed E-state index contributed by atoms with van der Waals surface area (Å²) in [7, 11) is -2.48. The molecule has 242 valence electrons. The van der Waals surface area contributed by atoms with Gasteiger partial charge in [-0.1, -0.05) is 184 Å². The highest BCUT2D eigenvalue weighted by atomic mass is 28.3. The van der Waals surface area contributed by atoms with Crippen LogP contribution in [0.1, 0.15) is 32.1 Å². The van der Waals surface area contributed by atoms with E-state index < -0.39 is 8.07 Å². The van der Waals surface area contributed by atoms with Crippen molar-refractivity contribution < 1.29 is 0 Å². The first kappa shape index (κ1) is 30.4. The third kappa shape index (κ3) is 5.17. The Morgan fingerprint density at radius 2 is 0.920 bits per heavy atom. The number of hydrogen-bond donors (Lipinski definition) is 0. The van der Waals surface area contributed by atoms with Crippen molar-refractivity contribution in [2.45, 2.75) is 37.6 Å². The molecule has 2 heterocycles. The average Bonchev–Trinajstić information content (AvgIpc) is 3.54. The lowest BCUT2D eigenvalue weighted by Gasteiger charge is -2.42. The molecule has 6 aromatic carbocycles. The zero-order valence-corrected chi connectivity index (χ0v) is 29.0. The Kier molecular flexibility index (Phi) is 7.90. The minimum absolute atomic E-state index is 0.600. The lowest BCUT2D eigenvalue weighted by atomic mass is 10.0. The minimum atomic E-state index is -2.48. The molecule has 0 bridgehead atoms. The number of benzene rings is 6. The van der Waals surface area contributed by atoms with Crippen molar-refractivity contribution in [3.63, 3.8) is 0 Å². The number of nitrogens with zero attached hydrogens (tertiary/aromatic N) is 4. The summed E-state index contributed by atoms with van der Waals surface area (Å²) in [5.41, 5.74) is 4.74. The number of aromatic nitrogens is 4. The zero-order valence-electron chi connectivity index (χ0n) is 28.0. The standard InChI is InChI=1S/C45H38N4Si/c1-5-18-33(19-6-1)43-46-44(48-45(47-43)49-41-30-15-13-28-39(41)40-29-14-16-31-42(40)49)34-20-17-27-38(32-34)50(35-21-7-2-8-22-35,36-23-9-3-10-24-36)37-25-11-4-12-26-37/h1-3,5-10,13-24,27-32,37H,4,11-12,25-26H2. The largest absolute Gasteiger partial charge is 0.278 e. The molecule has 50 heavy (non-hydrogen) atoms. The molecular formula is C45H38N4Si. The lowest BCUT2D eigenvalue weighted by Crippen LogP contribution is -2.70. The highest BCUT2D eigenvalue weighted by Crippen LogP contribution is 2.38. The quantitative estimate of drug-likeness (QED) is 0.126. The van der Waals surface area contributed by atoms with Crippen LogP contribution < -0.4 is 15.6 Å². The highest BCUT2D eigenvalue weighted by molar-refractivity contribution is 7.12. The third-order valence-electron chi connectivity index (χ3n) is 10.7. The molecule has 0 radical (unpaired) electrons. The summed E-state index contributed by atoms with van der Waals surface area (Å²) in [6.07, 6.45) is 6.40. The fourth-order valence-corrected chi connectivity index (χ4v) is 14.4. The van der Waals surface area contributed by atoms with Crippen molar-refractivity contribution in [1.29, 1.82) is 0 Å². The highest BCUT2D eigenvalue weighted by Gasteiger charge is 2.46. The van der Waals surface area contributed by atoms with Crippen molar-refractivity contribution in [1.82, 2.24) is 19.5 Å². The van der Waals surface area contributed by atoms with Gasteiger partial charge in [0.1, 0.15) is 0 Å². The maximum atomic E-state index is 5.31. The average molecular weight is 663 g/mol. The Bertz CT molecular complexity index is 2320. The predicted octanol–water partition coefficient (Wildman–Crippen LogP) is 9.11. The van der Waals surface area contributed by atoms with Crippen molar-refractivity contribution in [2.75, 3.05) is 0 Å². The van der Waals surface area contributed by atoms with Crippen LogP contribution in [-0.2, 0) is 0 Å². The second kappa shape index (κ2) is 13.0. The van der Waals surface area contributed by atoms with Gasteiger partial charge in [-0.15, -0.1) is 0 Å². The first-order chi connectivity index (χ1) is 24.8. The van der Waals surface area contributed by atoms with Crippen LogP contribution in [0.5, 0.6) is 0 Å². The second-order valence-electron chi connectivity index (χ2n) is 13.5. The molecule has 0 saturated heterocycles. The van der Waals surface area contributed by atoms with Gasteiger partial charge in [0.15, 0.2) is 19.7 Å². The van der Waals surface area contributed by atoms with Gasteiger partial charge >= 0.3 is 0 Å². The smallest absolute Gasteiger partial charge is 0.238 e. The summed E-state index contributed by atoms with van der Waals surface area (Å²) in [4.78, 5) is 15.7. The number of hydrogen-bond acceptors (Lipinski definition) is 3. The zero-order chi connectivity index (χ0) is 33.3. The van der Waals surface area contributed by atoms with Gasteiger partial charge in [-0.2, -0.15) is 9.97 Å². The molecule has 4 nitrogen and oxygen atoms in total. The Labute approximate surface area is 294 Å². The molecule has 1 aliphatic rings. The van der Waals surface area contributed by atoms with Crippen LogP contribution in [0, 0.1) is 0 Å². The molecule has 8 aromatic rings. The van der Waals surface area contributed by atoms with Gasteiger partial charge in [0.05, 0.1) is 11.0 Å². The summed E-state index contributed by atoms with van der Waals surface area (Å²) in [5.74, 6) is 1.98. The third-order valence-corrected chi connectivity index (χ3v) is 16.2. The van der Waals surface area contributed by atoms with Crippen LogP contribution in [0.15, 0.2) is 164 Å². The number of para-hydroxylation sites is 2. The molecule has 0 unspecified atom stereocenters. The van der Waals surface area contributed by atoms with Crippen LogP contribution in [0.3, 0.4) is 0 Å². The molecule has 1 fully saturated rings. The second-order valence-corrected chi connectivity index (χ2v) is 17.6. The van der Waals surface area contributed by atoms with E-state index in [-0.39, 0.29) is 0 Å². The molecule has 0 atom stereocenters. The van der Waals surface area contributed by atoms with E-state index in [2.05, 4.69) is 150 Å². The first-order valence-corrected chi connectivity index (χ1v) is 19.9. The summed E-state index contributed by atoms with van der Waals surface area (Å²) in [6.45, 7) is 0. The maximum absolute atomic E-state index is 5.31. The van der Waals surface area contributed by atoms with E-state index >= 15 is 0 Å². The Morgan fingerprint density at radius 1 is 0.440 bits per heavy atom. The van der Waals surface area contributed by atoms with Crippen LogP contribution in [0.25, 0.3) is 50.5 Å². The number of fused-ring (bicyclic) bond motifs is 3. The van der Waals surface area contributed by atoms with Gasteiger partial charge < -0.3 is 0 Å².